The van der Waals surface area contributed by atoms with Gasteiger partial charge in [-0.15, -0.1) is 11.3 Å². The van der Waals surface area contributed by atoms with Crippen molar-refractivity contribution >= 4 is 11.3 Å². The zero-order chi connectivity index (χ0) is 14.6. The van der Waals surface area contributed by atoms with Crippen LogP contribution in [0.25, 0.3) is 0 Å². The fourth-order valence-electron chi connectivity index (χ4n) is 2.19. The molecule has 2 aromatic rings. The molecule has 1 atom stereocenters. The van der Waals surface area contributed by atoms with Gasteiger partial charge in [-0.25, -0.2) is 0 Å². The highest BCUT2D eigenvalue weighted by molar-refractivity contribution is 7.12. The first-order valence-corrected chi connectivity index (χ1v) is 8.13. The molecule has 1 N–H and O–H groups in total. The summed E-state index contributed by atoms with van der Waals surface area (Å²) in [5.41, 5.74) is 1.67. The first-order chi connectivity index (χ1) is 9.47. The van der Waals surface area contributed by atoms with Crippen LogP contribution in [-0.4, -0.2) is 6.54 Å². The van der Waals surface area contributed by atoms with Gasteiger partial charge in [-0.05, 0) is 29.0 Å². The molecule has 0 aliphatic carbocycles. The van der Waals surface area contributed by atoms with Gasteiger partial charge in [0.15, 0.2) is 0 Å². The van der Waals surface area contributed by atoms with Crippen LogP contribution in [0.2, 0.25) is 0 Å². The molecular weight excluding hydrogens is 262 g/mol. The van der Waals surface area contributed by atoms with Gasteiger partial charge in [0, 0.05) is 22.8 Å². The Bertz CT molecular complexity index is 522. The third-order valence-electron chi connectivity index (χ3n) is 3.52. The maximum Gasteiger partial charge on any atom is 0.0300 e. The van der Waals surface area contributed by atoms with Crippen LogP contribution in [0.3, 0.4) is 0 Å². The van der Waals surface area contributed by atoms with Crippen LogP contribution < -0.4 is 5.32 Å². The highest BCUT2D eigenvalue weighted by Crippen LogP contribution is 2.29. The lowest BCUT2D eigenvalue weighted by Crippen LogP contribution is -2.19. The van der Waals surface area contributed by atoms with E-state index in [4.69, 9.17) is 0 Å². The second kappa shape index (κ2) is 6.55. The van der Waals surface area contributed by atoms with Gasteiger partial charge in [-0.3, -0.25) is 0 Å². The monoisotopic (exact) mass is 287 g/mol. The molecule has 1 aromatic heterocycles. The lowest BCUT2D eigenvalue weighted by molar-refractivity contribution is 0.604. The SMILES string of the molecule is CC(CNCc1ccc(C(C)(C)C)s1)c1ccccc1. The van der Waals surface area contributed by atoms with Crippen molar-refractivity contribution in [2.45, 2.75) is 45.6 Å². The smallest absolute Gasteiger partial charge is 0.0300 e. The van der Waals surface area contributed by atoms with Crippen LogP contribution in [0.4, 0.5) is 0 Å². The van der Waals surface area contributed by atoms with E-state index in [1.165, 1.54) is 15.3 Å². The summed E-state index contributed by atoms with van der Waals surface area (Å²) in [5, 5.41) is 3.58. The summed E-state index contributed by atoms with van der Waals surface area (Å²) in [6, 6.07) is 15.2. The van der Waals surface area contributed by atoms with Crippen LogP contribution >= 0.6 is 11.3 Å². The lowest BCUT2D eigenvalue weighted by Gasteiger charge is -2.15. The van der Waals surface area contributed by atoms with E-state index in [-0.39, 0.29) is 5.41 Å². The number of nitrogens with one attached hydrogen (secondary N) is 1. The third-order valence-corrected chi connectivity index (χ3v) is 5.03. The summed E-state index contributed by atoms with van der Waals surface area (Å²) >= 11 is 1.92. The largest absolute Gasteiger partial charge is 0.311 e. The standard InChI is InChI=1S/C18H25NS/c1-14(15-8-6-5-7-9-15)12-19-13-16-10-11-17(20-16)18(2,3)4/h5-11,14,19H,12-13H2,1-4H3. The Morgan fingerprint density at radius 2 is 1.75 bits per heavy atom. The van der Waals surface area contributed by atoms with Gasteiger partial charge in [-0.2, -0.15) is 0 Å². The normalized spacial score (nSPS) is 13.4. The van der Waals surface area contributed by atoms with E-state index in [1.54, 1.807) is 0 Å². The molecule has 0 bridgehead atoms. The Kier molecular flexibility index (Phi) is 5.00. The molecule has 1 aromatic carbocycles. The van der Waals surface area contributed by atoms with Gasteiger partial charge in [0.25, 0.3) is 0 Å². The van der Waals surface area contributed by atoms with Gasteiger partial charge >= 0.3 is 0 Å². The van der Waals surface area contributed by atoms with E-state index in [0.29, 0.717) is 5.92 Å². The quantitative estimate of drug-likeness (QED) is 0.821. The molecular formula is C18H25NS. The minimum Gasteiger partial charge on any atom is -0.311 e. The molecule has 0 spiro atoms. The predicted molar refractivity (Wildman–Crippen MR) is 89.6 cm³/mol. The van der Waals surface area contributed by atoms with Gasteiger partial charge in [0.05, 0.1) is 0 Å². The van der Waals surface area contributed by atoms with Crippen LogP contribution in [0.1, 0.15) is 48.9 Å². The predicted octanol–water partition coefficient (Wildman–Crippen LogP) is 4.94. The molecule has 0 radical (unpaired) electrons. The fourth-order valence-corrected chi connectivity index (χ4v) is 3.22. The van der Waals surface area contributed by atoms with Gasteiger partial charge in [-0.1, -0.05) is 58.0 Å². The van der Waals surface area contributed by atoms with Crippen LogP contribution in [0.5, 0.6) is 0 Å². The summed E-state index contributed by atoms with van der Waals surface area (Å²) < 4.78 is 0. The number of rotatable bonds is 5. The fraction of sp³-hybridized carbons (Fsp3) is 0.444. The Hall–Kier alpha value is -1.12. The third kappa shape index (κ3) is 4.19. The topological polar surface area (TPSA) is 12.0 Å². The molecule has 108 valence electrons. The van der Waals surface area contributed by atoms with E-state index >= 15 is 0 Å². The molecule has 0 aliphatic rings. The maximum atomic E-state index is 3.58. The van der Waals surface area contributed by atoms with Crippen molar-refractivity contribution in [1.82, 2.24) is 5.32 Å². The molecule has 1 nitrogen and oxygen atoms in total. The summed E-state index contributed by atoms with van der Waals surface area (Å²) in [7, 11) is 0. The van der Waals surface area contributed by atoms with E-state index in [0.717, 1.165) is 13.1 Å². The van der Waals surface area contributed by atoms with Gasteiger partial charge < -0.3 is 5.32 Å². The number of hydrogen-bond donors (Lipinski definition) is 1. The van der Waals surface area contributed by atoms with E-state index in [1.807, 2.05) is 11.3 Å². The zero-order valence-corrected chi connectivity index (χ0v) is 13.8. The molecule has 1 heterocycles. The molecule has 2 rings (SSSR count). The highest BCUT2D eigenvalue weighted by atomic mass is 32.1. The van der Waals surface area contributed by atoms with E-state index in [9.17, 15) is 0 Å². The Morgan fingerprint density at radius 3 is 2.35 bits per heavy atom. The second-order valence-corrected chi connectivity index (χ2v) is 7.63. The minimum atomic E-state index is 0.264. The first-order valence-electron chi connectivity index (χ1n) is 7.31. The van der Waals surface area contributed by atoms with Crippen molar-refractivity contribution < 1.29 is 0 Å². The second-order valence-electron chi connectivity index (χ2n) is 6.46. The van der Waals surface area contributed by atoms with E-state index in [2.05, 4.69) is 75.5 Å². The maximum absolute atomic E-state index is 3.58. The Labute approximate surface area is 127 Å². The van der Waals surface area contributed by atoms with E-state index < -0.39 is 0 Å². The molecule has 0 fully saturated rings. The molecule has 1 unspecified atom stereocenters. The van der Waals surface area contributed by atoms with Crippen molar-refractivity contribution in [2.75, 3.05) is 6.54 Å². The molecule has 0 saturated heterocycles. The average molecular weight is 287 g/mol. The van der Waals surface area contributed by atoms with Crippen molar-refractivity contribution in [3.8, 4) is 0 Å². The van der Waals surface area contributed by atoms with Crippen molar-refractivity contribution in [3.63, 3.8) is 0 Å². The summed E-state index contributed by atoms with van der Waals surface area (Å²) in [5.74, 6) is 0.554. The van der Waals surface area contributed by atoms with Crippen LogP contribution in [0.15, 0.2) is 42.5 Å². The highest BCUT2D eigenvalue weighted by Gasteiger charge is 2.15. The number of thiophene rings is 1. The van der Waals surface area contributed by atoms with Crippen molar-refractivity contribution in [3.05, 3.63) is 57.8 Å². The number of hydrogen-bond acceptors (Lipinski definition) is 2. The minimum absolute atomic E-state index is 0.264. The average Bonchev–Trinajstić information content (AvgIpc) is 2.88. The molecule has 2 heteroatoms. The zero-order valence-electron chi connectivity index (χ0n) is 12.9. The van der Waals surface area contributed by atoms with Crippen molar-refractivity contribution in [1.29, 1.82) is 0 Å². The van der Waals surface area contributed by atoms with Crippen LogP contribution in [0, 0.1) is 0 Å². The molecule has 0 amide bonds. The van der Waals surface area contributed by atoms with Crippen molar-refractivity contribution in [2.24, 2.45) is 0 Å². The Balaban J connectivity index is 1.83. The summed E-state index contributed by atoms with van der Waals surface area (Å²) in [6.07, 6.45) is 0. The lowest BCUT2D eigenvalue weighted by atomic mass is 9.95. The molecule has 0 aliphatic heterocycles. The number of benzene rings is 1. The summed E-state index contributed by atoms with van der Waals surface area (Å²) in [4.78, 5) is 2.89. The summed E-state index contributed by atoms with van der Waals surface area (Å²) in [6.45, 7) is 11.1. The molecule has 20 heavy (non-hydrogen) atoms. The van der Waals surface area contributed by atoms with Gasteiger partial charge in [0.2, 0.25) is 0 Å². The van der Waals surface area contributed by atoms with Gasteiger partial charge in [0.1, 0.15) is 0 Å². The first kappa shape index (κ1) is 15.3. The molecule has 0 saturated carbocycles. The van der Waals surface area contributed by atoms with Crippen LogP contribution in [-0.2, 0) is 12.0 Å². The Morgan fingerprint density at radius 1 is 1.05 bits per heavy atom.